The summed E-state index contributed by atoms with van der Waals surface area (Å²) in [5.74, 6) is -0.734. The Morgan fingerprint density at radius 1 is 0.852 bits per heavy atom. The molecule has 0 N–H and O–H groups in total. The highest BCUT2D eigenvalue weighted by molar-refractivity contribution is 9.12. The van der Waals surface area contributed by atoms with Gasteiger partial charge in [-0.25, -0.2) is 0 Å². The van der Waals surface area contributed by atoms with Crippen molar-refractivity contribution in [3.63, 3.8) is 0 Å². The van der Waals surface area contributed by atoms with Gasteiger partial charge in [-0.3, -0.25) is 19.3 Å². The topological polar surface area (TPSA) is 57.7 Å². The van der Waals surface area contributed by atoms with Crippen LogP contribution in [0.2, 0.25) is 0 Å². The second-order valence-electron chi connectivity index (χ2n) is 7.63. The third kappa shape index (κ3) is 3.48. The van der Waals surface area contributed by atoms with E-state index in [9.17, 15) is 14.4 Å². The van der Waals surface area contributed by atoms with Crippen LogP contribution in [0.5, 0.6) is 0 Å². The molecule has 0 aromatic heterocycles. The summed E-state index contributed by atoms with van der Waals surface area (Å²) >= 11 is 7.21. The molecule has 144 valence electrons. The fourth-order valence-electron chi connectivity index (χ4n) is 4.38. The zero-order chi connectivity index (χ0) is 19.1. The number of carbonyl (C=O) groups is 3. The molecule has 0 radical (unpaired) electrons. The zero-order valence-electron chi connectivity index (χ0n) is 14.9. The third-order valence-electron chi connectivity index (χ3n) is 5.93. The number of benzene rings is 1. The maximum Gasteiger partial charge on any atom is 0.253 e. The molecule has 27 heavy (non-hydrogen) atoms. The predicted octanol–water partition coefficient (Wildman–Crippen LogP) is 3.74. The first-order valence-electron chi connectivity index (χ1n) is 9.52. The lowest BCUT2D eigenvalue weighted by Gasteiger charge is -2.29. The lowest BCUT2D eigenvalue weighted by Crippen LogP contribution is -2.35. The van der Waals surface area contributed by atoms with Crippen LogP contribution in [0.3, 0.4) is 0 Å². The number of halogens is 2. The van der Waals surface area contributed by atoms with E-state index in [2.05, 4.69) is 31.9 Å². The van der Waals surface area contributed by atoms with Gasteiger partial charge in [0.2, 0.25) is 11.8 Å². The van der Waals surface area contributed by atoms with Gasteiger partial charge in [0.15, 0.2) is 0 Å². The highest BCUT2D eigenvalue weighted by Gasteiger charge is 2.52. The Morgan fingerprint density at radius 2 is 1.37 bits per heavy atom. The Bertz CT molecular complexity index is 733. The van der Waals surface area contributed by atoms with Crippen molar-refractivity contribution in [2.24, 2.45) is 11.8 Å². The van der Waals surface area contributed by atoms with Crippen LogP contribution in [0.15, 0.2) is 24.3 Å². The number of hydrogen-bond donors (Lipinski definition) is 0. The van der Waals surface area contributed by atoms with Gasteiger partial charge in [0.1, 0.15) is 0 Å². The van der Waals surface area contributed by atoms with Crippen LogP contribution in [0.4, 0.5) is 5.69 Å². The first-order valence-corrected chi connectivity index (χ1v) is 11.4. The standard InChI is InChI=1S/C20H22Br2N2O3/c21-16-10-14-15(11-17(16)22)20(27)24(19(14)26)13-6-4-12(5-7-13)18(25)23-8-2-1-3-9-23/h4-7,14-17H,1-3,8-11H2/t14-,15-,16+,17+/m1/s1. The summed E-state index contributed by atoms with van der Waals surface area (Å²) in [6, 6.07) is 6.91. The summed E-state index contributed by atoms with van der Waals surface area (Å²) in [6.45, 7) is 1.60. The van der Waals surface area contributed by atoms with Gasteiger partial charge in [0, 0.05) is 28.3 Å². The molecular formula is C20H22Br2N2O3. The Labute approximate surface area is 175 Å². The van der Waals surface area contributed by atoms with E-state index >= 15 is 0 Å². The molecular weight excluding hydrogens is 476 g/mol. The van der Waals surface area contributed by atoms with E-state index in [4.69, 9.17) is 0 Å². The van der Waals surface area contributed by atoms with Gasteiger partial charge in [-0.05, 0) is 56.4 Å². The van der Waals surface area contributed by atoms with Gasteiger partial charge in [-0.1, -0.05) is 31.9 Å². The monoisotopic (exact) mass is 496 g/mol. The number of hydrogen-bond acceptors (Lipinski definition) is 3. The smallest absolute Gasteiger partial charge is 0.253 e. The SMILES string of the molecule is O=C(c1ccc(N2C(=O)[C@@H]3C[C@H](Br)[C@@H](Br)C[C@H]3C2=O)cc1)N1CCCCC1. The second kappa shape index (κ2) is 7.66. The number of nitrogens with zero attached hydrogens (tertiary/aromatic N) is 2. The second-order valence-corrected chi connectivity index (χ2v) is 9.98. The van der Waals surface area contributed by atoms with E-state index in [1.165, 1.54) is 11.3 Å². The number of rotatable bonds is 2. The minimum absolute atomic E-state index is 0.0262. The van der Waals surface area contributed by atoms with Crippen LogP contribution in [0, 0.1) is 11.8 Å². The van der Waals surface area contributed by atoms with Crippen LogP contribution >= 0.6 is 31.9 Å². The quantitative estimate of drug-likeness (QED) is 0.462. The number of fused-ring (bicyclic) bond motifs is 1. The highest BCUT2D eigenvalue weighted by atomic mass is 79.9. The summed E-state index contributed by atoms with van der Waals surface area (Å²) < 4.78 is 0. The third-order valence-corrected chi connectivity index (χ3v) is 8.66. The molecule has 0 unspecified atom stereocenters. The number of alkyl halides is 2. The Hall–Kier alpha value is -1.21. The van der Waals surface area contributed by atoms with Crippen LogP contribution < -0.4 is 4.90 Å². The van der Waals surface area contributed by atoms with Crippen LogP contribution in [-0.2, 0) is 9.59 Å². The minimum Gasteiger partial charge on any atom is -0.339 e. The van der Waals surface area contributed by atoms with Crippen molar-refractivity contribution in [3.8, 4) is 0 Å². The number of likely N-dealkylation sites (tertiary alicyclic amines) is 1. The molecule has 1 aromatic carbocycles. The van der Waals surface area contributed by atoms with Crippen molar-refractivity contribution in [1.29, 1.82) is 0 Å². The van der Waals surface area contributed by atoms with Crippen LogP contribution in [0.25, 0.3) is 0 Å². The number of imide groups is 1. The molecule has 0 spiro atoms. The lowest BCUT2D eigenvalue weighted by molar-refractivity contribution is -0.122. The Balaban J connectivity index is 1.53. The summed E-state index contributed by atoms with van der Waals surface area (Å²) in [4.78, 5) is 41.9. The van der Waals surface area contributed by atoms with Crippen molar-refractivity contribution in [1.82, 2.24) is 4.90 Å². The minimum atomic E-state index is -0.259. The fraction of sp³-hybridized carbons (Fsp3) is 0.550. The van der Waals surface area contributed by atoms with E-state index in [1.807, 2.05) is 4.90 Å². The molecule has 7 heteroatoms. The molecule has 2 heterocycles. The molecule has 4 rings (SSSR count). The van der Waals surface area contributed by atoms with Gasteiger partial charge in [0.05, 0.1) is 17.5 Å². The summed E-state index contributed by atoms with van der Waals surface area (Å²) in [5.41, 5.74) is 1.17. The predicted molar refractivity (Wildman–Crippen MR) is 110 cm³/mol. The first-order chi connectivity index (χ1) is 13.0. The normalized spacial score (nSPS) is 31.2. The number of anilines is 1. The highest BCUT2D eigenvalue weighted by Crippen LogP contribution is 2.44. The van der Waals surface area contributed by atoms with Crippen molar-refractivity contribution >= 4 is 55.3 Å². The maximum atomic E-state index is 12.9. The first kappa shape index (κ1) is 19.1. The average Bonchev–Trinajstić information content (AvgIpc) is 2.92. The fourth-order valence-corrected chi connectivity index (χ4v) is 5.62. The van der Waals surface area contributed by atoms with E-state index in [0.29, 0.717) is 24.1 Å². The van der Waals surface area contributed by atoms with E-state index in [-0.39, 0.29) is 39.2 Å². The number of carbonyl (C=O) groups excluding carboxylic acids is 3. The molecule has 3 aliphatic rings. The number of amides is 3. The summed E-state index contributed by atoms with van der Waals surface area (Å²) in [6.07, 6.45) is 4.59. The average molecular weight is 498 g/mol. The molecule has 3 fully saturated rings. The molecule has 2 saturated heterocycles. The van der Waals surface area contributed by atoms with Crippen LogP contribution in [-0.4, -0.2) is 45.4 Å². The van der Waals surface area contributed by atoms with Crippen molar-refractivity contribution < 1.29 is 14.4 Å². The largest absolute Gasteiger partial charge is 0.339 e. The molecule has 1 saturated carbocycles. The molecule has 5 nitrogen and oxygen atoms in total. The molecule has 4 atom stereocenters. The van der Waals surface area contributed by atoms with Gasteiger partial charge in [-0.15, -0.1) is 0 Å². The summed E-state index contributed by atoms with van der Waals surface area (Å²) in [7, 11) is 0. The zero-order valence-corrected chi connectivity index (χ0v) is 18.1. The van der Waals surface area contributed by atoms with Gasteiger partial charge in [-0.2, -0.15) is 0 Å². The Kier molecular flexibility index (Phi) is 5.43. The number of piperidine rings is 1. The van der Waals surface area contributed by atoms with Crippen LogP contribution in [0.1, 0.15) is 42.5 Å². The van der Waals surface area contributed by atoms with E-state index in [0.717, 1.165) is 25.9 Å². The van der Waals surface area contributed by atoms with Crippen molar-refractivity contribution in [3.05, 3.63) is 29.8 Å². The maximum absolute atomic E-state index is 12.9. The van der Waals surface area contributed by atoms with Gasteiger partial charge in [0.25, 0.3) is 5.91 Å². The van der Waals surface area contributed by atoms with Gasteiger partial charge >= 0.3 is 0 Å². The lowest BCUT2D eigenvalue weighted by atomic mass is 9.81. The van der Waals surface area contributed by atoms with E-state index < -0.39 is 0 Å². The molecule has 3 amide bonds. The van der Waals surface area contributed by atoms with Crippen molar-refractivity contribution in [2.45, 2.75) is 41.8 Å². The Morgan fingerprint density at radius 3 is 1.89 bits per heavy atom. The summed E-state index contributed by atoms with van der Waals surface area (Å²) in [5, 5.41) is 0. The molecule has 0 bridgehead atoms. The van der Waals surface area contributed by atoms with Gasteiger partial charge < -0.3 is 4.90 Å². The molecule has 2 aliphatic heterocycles. The van der Waals surface area contributed by atoms with Crippen molar-refractivity contribution in [2.75, 3.05) is 18.0 Å². The molecule has 1 aliphatic carbocycles. The molecule has 1 aromatic rings. The van der Waals surface area contributed by atoms with E-state index in [1.54, 1.807) is 24.3 Å².